The van der Waals surface area contributed by atoms with E-state index in [9.17, 15) is 14.7 Å². The van der Waals surface area contributed by atoms with Crippen LogP contribution in [0.3, 0.4) is 0 Å². The highest BCUT2D eigenvalue weighted by molar-refractivity contribution is 6.32. The molecule has 4 heterocycles. The molecule has 1 atom stereocenters. The van der Waals surface area contributed by atoms with Crippen LogP contribution in [-0.2, 0) is 11.8 Å². The van der Waals surface area contributed by atoms with Crippen molar-refractivity contribution in [2.24, 2.45) is 7.05 Å². The standard InChI is InChI=1S/C24H23ClN6O3/c1-14-19(11-29(2)28-14)17-5-3-4-6-18(17)22-23(25)31-8-7-15(9-20(31)27-22)24(34)30-10-16(13-32)26-21(33)12-30/h3-9,11,16,32H,10,12-13H2,1-2H3,(H,26,33)/t16-/m0/s1. The van der Waals surface area contributed by atoms with Gasteiger partial charge in [-0.2, -0.15) is 5.10 Å². The van der Waals surface area contributed by atoms with Crippen molar-refractivity contribution in [3.8, 4) is 22.4 Å². The lowest BCUT2D eigenvalue weighted by molar-refractivity contribution is -0.125. The molecule has 1 saturated heterocycles. The van der Waals surface area contributed by atoms with Crippen LogP contribution < -0.4 is 5.32 Å². The lowest BCUT2D eigenvalue weighted by Gasteiger charge is -2.32. The number of hydrogen-bond acceptors (Lipinski definition) is 5. The molecule has 0 bridgehead atoms. The van der Waals surface area contributed by atoms with Crippen molar-refractivity contribution in [1.29, 1.82) is 0 Å². The van der Waals surface area contributed by atoms with Crippen molar-refractivity contribution in [3.05, 3.63) is 65.2 Å². The minimum absolute atomic E-state index is 0.0567. The summed E-state index contributed by atoms with van der Waals surface area (Å²) in [5.74, 6) is -0.601. The number of hydrogen-bond donors (Lipinski definition) is 2. The Labute approximate surface area is 200 Å². The molecule has 0 radical (unpaired) electrons. The second-order valence-electron chi connectivity index (χ2n) is 8.37. The van der Waals surface area contributed by atoms with E-state index >= 15 is 0 Å². The van der Waals surface area contributed by atoms with E-state index in [0.29, 0.717) is 22.1 Å². The van der Waals surface area contributed by atoms with Gasteiger partial charge in [0.1, 0.15) is 16.5 Å². The first-order chi connectivity index (χ1) is 16.4. The van der Waals surface area contributed by atoms with E-state index in [1.165, 1.54) is 4.90 Å². The predicted octanol–water partition coefficient (Wildman–Crippen LogP) is 2.30. The molecule has 9 nitrogen and oxygen atoms in total. The van der Waals surface area contributed by atoms with Gasteiger partial charge in [0, 0.05) is 42.7 Å². The Hall–Kier alpha value is -3.69. The fourth-order valence-corrected chi connectivity index (χ4v) is 4.66. The van der Waals surface area contributed by atoms with Crippen LogP contribution in [0.4, 0.5) is 0 Å². The first kappa shape index (κ1) is 22.1. The number of rotatable bonds is 4. The van der Waals surface area contributed by atoms with E-state index in [4.69, 9.17) is 16.6 Å². The number of pyridine rings is 1. The Bertz CT molecular complexity index is 1430. The van der Waals surface area contributed by atoms with Gasteiger partial charge in [0.2, 0.25) is 5.91 Å². The molecule has 174 valence electrons. The Morgan fingerprint density at radius 2 is 2.00 bits per heavy atom. The lowest BCUT2D eigenvalue weighted by Crippen LogP contribution is -2.57. The Balaban J connectivity index is 1.54. The van der Waals surface area contributed by atoms with Gasteiger partial charge in [-0.3, -0.25) is 18.7 Å². The van der Waals surface area contributed by atoms with E-state index in [1.807, 2.05) is 44.4 Å². The minimum atomic E-state index is -0.478. The smallest absolute Gasteiger partial charge is 0.254 e. The van der Waals surface area contributed by atoms with Crippen LogP contribution in [0.15, 0.2) is 48.8 Å². The van der Waals surface area contributed by atoms with Crippen LogP contribution in [0.2, 0.25) is 5.15 Å². The Kier molecular flexibility index (Phi) is 5.59. The molecule has 4 aromatic rings. The second-order valence-corrected chi connectivity index (χ2v) is 8.73. The van der Waals surface area contributed by atoms with Gasteiger partial charge in [-0.05, 0) is 24.6 Å². The molecule has 1 fully saturated rings. The van der Waals surface area contributed by atoms with Gasteiger partial charge in [-0.25, -0.2) is 4.98 Å². The highest BCUT2D eigenvalue weighted by atomic mass is 35.5. The quantitative estimate of drug-likeness (QED) is 0.468. The van der Waals surface area contributed by atoms with Gasteiger partial charge >= 0.3 is 0 Å². The lowest BCUT2D eigenvalue weighted by atomic mass is 9.99. The molecular weight excluding hydrogens is 456 g/mol. The molecule has 2 amide bonds. The van der Waals surface area contributed by atoms with Gasteiger partial charge in [0.25, 0.3) is 5.91 Å². The summed E-state index contributed by atoms with van der Waals surface area (Å²) in [6.07, 6.45) is 3.66. The zero-order valence-electron chi connectivity index (χ0n) is 18.7. The summed E-state index contributed by atoms with van der Waals surface area (Å²) in [4.78, 5) is 31.2. The molecular formula is C24H23ClN6O3. The Morgan fingerprint density at radius 3 is 2.71 bits per heavy atom. The molecule has 5 rings (SSSR count). The number of fused-ring (bicyclic) bond motifs is 1. The average Bonchev–Trinajstić information content (AvgIpc) is 3.35. The van der Waals surface area contributed by atoms with Crippen molar-refractivity contribution >= 4 is 29.1 Å². The first-order valence-corrected chi connectivity index (χ1v) is 11.2. The summed E-state index contributed by atoms with van der Waals surface area (Å²) in [6.45, 7) is 1.91. The highest BCUT2D eigenvalue weighted by Crippen LogP contribution is 2.37. The van der Waals surface area contributed by atoms with Crippen LogP contribution in [0.25, 0.3) is 28.0 Å². The van der Waals surface area contributed by atoms with Gasteiger partial charge in [0.15, 0.2) is 0 Å². The van der Waals surface area contributed by atoms with Gasteiger partial charge < -0.3 is 15.3 Å². The zero-order valence-corrected chi connectivity index (χ0v) is 19.5. The third kappa shape index (κ3) is 3.82. The maximum Gasteiger partial charge on any atom is 0.254 e. The van der Waals surface area contributed by atoms with Crippen molar-refractivity contribution < 1.29 is 14.7 Å². The predicted molar refractivity (Wildman–Crippen MR) is 127 cm³/mol. The van der Waals surface area contributed by atoms with Crippen LogP contribution >= 0.6 is 11.6 Å². The van der Waals surface area contributed by atoms with Crippen LogP contribution in [-0.4, -0.2) is 66.7 Å². The zero-order chi connectivity index (χ0) is 24.0. The molecule has 1 aromatic carbocycles. The number of halogens is 1. The summed E-state index contributed by atoms with van der Waals surface area (Å²) in [5.41, 5.74) is 5.22. The number of aryl methyl sites for hydroxylation is 2. The molecule has 1 aliphatic rings. The number of piperazine rings is 1. The summed E-state index contributed by atoms with van der Waals surface area (Å²) in [5, 5.41) is 16.9. The molecule has 0 unspecified atom stereocenters. The molecule has 0 aliphatic carbocycles. The summed E-state index contributed by atoms with van der Waals surface area (Å²) in [6, 6.07) is 10.7. The second kappa shape index (κ2) is 8.58. The largest absolute Gasteiger partial charge is 0.394 e. The van der Waals surface area contributed by atoms with E-state index in [1.54, 1.807) is 27.4 Å². The van der Waals surface area contributed by atoms with E-state index in [0.717, 1.165) is 22.4 Å². The number of aliphatic hydroxyl groups excluding tert-OH is 1. The van der Waals surface area contributed by atoms with Crippen molar-refractivity contribution in [2.75, 3.05) is 19.7 Å². The van der Waals surface area contributed by atoms with Crippen molar-refractivity contribution in [2.45, 2.75) is 13.0 Å². The van der Waals surface area contributed by atoms with Crippen LogP contribution in [0.1, 0.15) is 16.1 Å². The minimum Gasteiger partial charge on any atom is -0.394 e. The van der Waals surface area contributed by atoms with E-state index < -0.39 is 6.04 Å². The number of imidazole rings is 1. The fourth-order valence-electron chi connectivity index (χ4n) is 4.37. The topological polar surface area (TPSA) is 105 Å². The molecule has 34 heavy (non-hydrogen) atoms. The number of aliphatic hydroxyl groups is 1. The first-order valence-electron chi connectivity index (χ1n) is 10.8. The fraction of sp³-hybridized carbons (Fsp3) is 0.250. The van der Waals surface area contributed by atoms with Crippen LogP contribution in [0, 0.1) is 6.92 Å². The molecule has 0 saturated carbocycles. The van der Waals surface area contributed by atoms with Gasteiger partial charge in [-0.15, -0.1) is 0 Å². The molecule has 3 aromatic heterocycles. The number of carbonyl (C=O) groups is 2. The summed E-state index contributed by atoms with van der Waals surface area (Å²) in [7, 11) is 1.88. The maximum absolute atomic E-state index is 13.1. The monoisotopic (exact) mass is 478 g/mol. The number of nitrogens with one attached hydrogen (secondary N) is 1. The van der Waals surface area contributed by atoms with Gasteiger partial charge in [-0.1, -0.05) is 35.9 Å². The average molecular weight is 479 g/mol. The molecule has 10 heteroatoms. The number of aromatic nitrogens is 4. The SMILES string of the molecule is Cc1nn(C)cc1-c1ccccc1-c1nc2cc(C(=O)N3CC(=O)N[C@H](CO)C3)ccn2c1Cl. The maximum atomic E-state index is 13.1. The van der Waals surface area contributed by atoms with Gasteiger partial charge in [0.05, 0.1) is 24.9 Å². The third-order valence-electron chi connectivity index (χ3n) is 5.95. The highest BCUT2D eigenvalue weighted by Gasteiger charge is 2.28. The number of carbonyl (C=O) groups excluding carboxylic acids is 2. The van der Waals surface area contributed by atoms with Crippen LogP contribution in [0.5, 0.6) is 0 Å². The number of benzene rings is 1. The number of amides is 2. The number of nitrogens with zero attached hydrogens (tertiary/aromatic N) is 5. The third-order valence-corrected chi connectivity index (χ3v) is 6.31. The molecule has 0 spiro atoms. The molecule has 1 aliphatic heterocycles. The normalized spacial score (nSPS) is 16.2. The summed E-state index contributed by atoms with van der Waals surface area (Å²) >= 11 is 6.74. The summed E-state index contributed by atoms with van der Waals surface area (Å²) < 4.78 is 3.49. The van der Waals surface area contributed by atoms with Crippen molar-refractivity contribution in [1.82, 2.24) is 29.4 Å². The molecule has 2 N–H and O–H groups in total. The van der Waals surface area contributed by atoms with Crippen molar-refractivity contribution in [3.63, 3.8) is 0 Å². The Morgan fingerprint density at radius 1 is 1.24 bits per heavy atom. The van der Waals surface area contributed by atoms with E-state index in [2.05, 4.69) is 10.4 Å². The van der Waals surface area contributed by atoms with E-state index in [-0.39, 0.29) is 31.5 Å².